The van der Waals surface area contributed by atoms with Gasteiger partial charge in [-0.05, 0) is 101 Å². The maximum Gasteiger partial charge on any atom is 0.178 e. The van der Waals surface area contributed by atoms with Crippen LogP contribution in [0.25, 0.3) is 28.0 Å². The molecule has 0 aromatic heterocycles. The fraction of sp³-hybridized carbons (Fsp3) is 0.294. The van der Waals surface area contributed by atoms with Crippen molar-refractivity contribution in [3.05, 3.63) is 149 Å². The highest BCUT2D eigenvalue weighted by Crippen LogP contribution is 2.68. The molecular formula is C51H48O5. The van der Waals surface area contributed by atoms with E-state index in [1.165, 1.54) is 39.6 Å². The number of fused-ring (bicyclic) bond motifs is 12. The standard InChI is InChI=1S/C51H48O5/c1-48(2)29-49(3,4)31-50(30-48)41-15-11-10-14-37(41)44-43-38-25-27-54-47(38)42(55-36-12-8-7-9-13-36)28-40(43)46-39(45(44)50)24-26-51(56-46,32-16-20-34(52-5)21-17-32)33-18-22-35(53-6)23-19-33/h7-24,26,28H,25,27,29-31H2,1-6H3. The highest BCUT2D eigenvalue weighted by Gasteiger charge is 2.56. The summed E-state index contributed by atoms with van der Waals surface area (Å²) in [4.78, 5) is 0. The first-order chi connectivity index (χ1) is 27.0. The highest BCUT2D eigenvalue weighted by molar-refractivity contribution is 6.11. The van der Waals surface area contributed by atoms with Gasteiger partial charge in [-0.15, -0.1) is 0 Å². The Morgan fingerprint density at radius 3 is 1.91 bits per heavy atom. The molecule has 1 fully saturated rings. The second-order valence-corrected chi connectivity index (χ2v) is 17.7. The number of ether oxygens (including phenoxy) is 5. The van der Waals surface area contributed by atoms with Gasteiger partial charge in [0.25, 0.3) is 0 Å². The molecule has 6 aromatic rings. The van der Waals surface area contributed by atoms with E-state index in [0.717, 1.165) is 70.1 Å². The van der Waals surface area contributed by atoms with E-state index in [9.17, 15) is 0 Å². The lowest BCUT2D eigenvalue weighted by Gasteiger charge is -2.52. The van der Waals surface area contributed by atoms with Gasteiger partial charge < -0.3 is 23.7 Å². The van der Waals surface area contributed by atoms with Crippen molar-refractivity contribution in [2.24, 2.45) is 10.8 Å². The van der Waals surface area contributed by atoms with Crippen LogP contribution in [0.15, 0.2) is 115 Å². The van der Waals surface area contributed by atoms with Crippen LogP contribution in [0.4, 0.5) is 0 Å². The number of hydrogen-bond donors (Lipinski definition) is 0. The molecule has 0 atom stereocenters. The molecule has 56 heavy (non-hydrogen) atoms. The number of hydrogen-bond acceptors (Lipinski definition) is 5. The van der Waals surface area contributed by atoms with Crippen molar-refractivity contribution in [3.63, 3.8) is 0 Å². The Morgan fingerprint density at radius 1 is 0.643 bits per heavy atom. The molecular weight excluding hydrogens is 693 g/mol. The van der Waals surface area contributed by atoms with Crippen LogP contribution in [-0.4, -0.2) is 20.8 Å². The lowest BCUT2D eigenvalue weighted by molar-refractivity contribution is 0.0642. The molecule has 0 amide bonds. The van der Waals surface area contributed by atoms with Gasteiger partial charge in [-0.1, -0.05) is 101 Å². The molecule has 0 saturated heterocycles. The summed E-state index contributed by atoms with van der Waals surface area (Å²) in [5, 5.41) is 2.25. The largest absolute Gasteiger partial charge is 0.497 e. The Morgan fingerprint density at radius 2 is 1.27 bits per heavy atom. The molecule has 2 aliphatic carbocycles. The molecule has 0 unspecified atom stereocenters. The van der Waals surface area contributed by atoms with E-state index >= 15 is 0 Å². The van der Waals surface area contributed by atoms with Crippen molar-refractivity contribution in [2.75, 3.05) is 20.8 Å². The summed E-state index contributed by atoms with van der Waals surface area (Å²) in [6.07, 6.45) is 8.70. The van der Waals surface area contributed by atoms with Crippen LogP contribution >= 0.6 is 0 Å². The van der Waals surface area contributed by atoms with Crippen LogP contribution in [0.3, 0.4) is 0 Å². The molecule has 1 spiro atoms. The predicted octanol–water partition coefficient (Wildman–Crippen LogP) is 12.4. The van der Waals surface area contributed by atoms with Crippen LogP contribution < -0.4 is 23.7 Å². The van der Waals surface area contributed by atoms with E-state index in [-0.39, 0.29) is 16.2 Å². The maximum absolute atomic E-state index is 7.81. The molecule has 0 radical (unpaired) electrons. The number of benzene rings is 6. The zero-order valence-corrected chi connectivity index (χ0v) is 33.1. The number of rotatable bonds is 6. The molecule has 6 aromatic carbocycles. The first-order valence-corrected chi connectivity index (χ1v) is 19.9. The minimum absolute atomic E-state index is 0.117. The first-order valence-electron chi connectivity index (χ1n) is 19.9. The maximum atomic E-state index is 7.81. The minimum Gasteiger partial charge on any atom is -0.497 e. The van der Waals surface area contributed by atoms with E-state index < -0.39 is 5.60 Å². The van der Waals surface area contributed by atoms with E-state index in [0.29, 0.717) is 12.4 Å². The second kappa shape index (κ2) is 12.4. The Balaban J connectivity index is 1.32. The molecule has 5 nitrogen and oxygen atoms in total. The summed E-state index contributed by atoms with van der Waals surface area (Å²) in [5.41, 5.74) is 8.88. The van der Waals surface area contributed by atoms with Crippen LogP contribution in [0.2, 0.25) is 0 Å². The molecule has 2 heterocycles. The van der Waals surface area contributed by atoms with Crippen molar-refractivity contribution >= 4 is 16.8 Å². The van der Waals surface area contributed by atoms with Gasteiger partial charge in [0.2, 0.25) is 0 Å². The average Bonchev–Trinajstić information content (AvgIpc) is 3.79. The number of para-hydroxylation sites is 1. The fourth-order valence-electron chi connectivity index (χ4n) is 11.3. The SMILES string of the molecule is COc1ccc(C2(c3ccc(OC)cc3)C=Cc3c4c(c5c6c(c(Oc7ccccc7)cc5c3O2)OCC6)-c2ccccc2C42CC(C)(C)CC(C)(C)C2)cc1. The van der Waals surface area contributed by atoms with Crippen LogP contribution in [0.1, 0.15) is 80.3 Å². The van der Waals surface area contributed by atoms with Gasteiger partial charge in [-0.25, -0.2) is 0 Å². The Labute approximate surface area is 329 Å². The summed E-state index contributed by atoms with van der Waals surface area (Å²) < 4.78 is 32.3. The van der Waals surface area contributed by atoms with Crippen LogP contribution in [0, 0.1) is 10.8 Å². The smallest absolute Gasteiger partial charge is 0.178 e. The quantitative estimate of drug-likeness (QED) is 0.170. The third kappa shape index (κ3) is 5.19. The van der Waals surface area contributed by atoms with Crippen molar-refractivity contribution in [3.8, 4) is 45.6 Å². The molecule has 1 saturated carbocycles. The van der Waals surface area contributed by atoms with Gasteiger partial charge in [0.15, 0.2) is 17.1 Å². The van der Waals surface area contributed by atoms with Crippen molar-refractivity contribution in [2.45, 2.75) is 64.4 Å². The molecule has 282 valence electrons. The monoisotopic (exact) mass is 740 g/mol. The Kier molecular flexibility index (Phi) is 7.71. The molecule has 5 heteroatoms. The predicted molar refractivity (Wildman–Crippen MR) is 224 cm³/mol. The van der Waals surface area contributed by atoms with Gasteiger partial charge in [-0.3, -0.25) is 0 Å². The zero-order chi connectivity index (χ0) is 38.5. The van der Waals surface area contributed by atoms with Crippen LogP contribution in [-0.2, 0) is 17.4 Å². The van der Waals surface area contributed by atoms with Gasteiger partial charge in [0.1, 0.15) is 23.0 Å². The normalized spacial score (nSPS) is 18.6. The lowest BCUT2D eigenvalue weighted by atomic mass is 9.52. The molecule has 10 rings (SSSR count). The van der Waals surface area contributed by atoms with Gasteiger partial charge in [-0.2, -0.15) is 0 Å². The third-order valence-corrected chi connectivity index (χ3v) is 12.7. The summed E-state index contributed by atoms with van der Waals surface area (Å²) in [6, 6.07) is 37.9. The van der Waals surface area contributed by atoms with E-state index in [4.69, 9.17) is 23.7 Å². The molecule has 0 N–H and O–H groups in total. The first kappa shape index (κ1) is 34.8. The third-order valence-electron chi connectivity index (χ3n) is 12.7. The van der Waals surface area contributed by atoms with E-state index in [1.54, 1.807) is 14.2 Å². The minimum atomic E-state index is -0.952. The fourth-order valence-corrected chi connectivity index (χ4v) is 11.3. The van der Waals surface area contributed by atoms with Crippen LogP contribution in [0.5, 0.6) is 34.5 Å². The summed E-state index contributed by atoms with van der Waals surface area (Å²) in [6.45, 7) is 10.5. The highest BCUT2D eigenvalue weighted by atomic mass is 16.5. The zero-order valence-electron chi connectivity index (χ0n) is 33.1. The van der Waals surface area contributed by atoms with Crippen molar-refractivity contribution in [1.29, 1.82) is 0 Å². The Hall–Kier alpha value is -5.68. The van der Waals surface area contributed by atoms with Gasteiger partial charge in [0.05, 0.1) is 20.8 Å². The van der Waals surface area contributed by atoms with Gasteiger partial charge >= 0.3 is 0 Å². The second-order valence-electron chi connectivity index (χ2n) is 17.7. The van der Waals surface area contributed by atoms with E-state index in [1.807, 2.05) is 54.6 Å². The Bertz CT molecular complexity index is 2480. The average molecular weight is 741 g/mol. The lowest BCUT2D eigenvalue weighted by Crippen LogP contribution is -2.44. The number of methoxy groups -OCH3 is 2. The topological polar surface area (TPSA) is 46.2 Å². The van der Waals surface area contributed by atoms with Crippen molar-refractivity contribution < 1.29 is 23.7 Å². The van der Waals surface area contributed by atoms with E-state index in [2.05, 4.69) is 94.4 Å². The summed E-state index contributed by atoms with van der Waals surface area (Å²) in [7, 11) is 3.40. The van der Waals surface area contributed by atoms with Crippen molar-refractivity contribution in [1.82, 2.24) is 0 Å². The summed E-state index contributed by atoms with van der Waals surface area (Å²) in [5.74, 6) is 4.76. The molecule has 2 aliphatic heterocycles. The van der Waals surface area contributed by atoms with Gasteiger partial charge in [0, 0.05) is 44.9 Å². The summed E-state index contributed by atoms with van der Waals surface area (Å²) >= 11 is 0. The molecule has 4 aliphatic rings. The molecule has 0 bridgehead atoms.